The zero-order chi connectivity index (χ0) is 21.1. The minimum atomic E-state index is -0.538. The SMILES string of the molecule is CC(=O)NCC1CN(c2ccc(-c3ccc(CCN4CCC4)cc3)c(F)c2)C(=O)O1. The molecule has 2 amide bonds. The maximum absolute atomic E-state index is 14.8. The van der Waals surface area contributed by atoms with E-state index in [0.29, 0.717) is 11.3 Å². The van der Waals surface area contributed by atoms with E-state index in [2.05, 4.69) is 10.2 Å². The first-order valence-electron chi connectivity index (χ1n) is 10.3. The van der Waals surface area contributed by atoms with Gasteiger partial charge in [0.25, 0.3) is 0 Å². The van der Waals surface area contributed by atoms with Gasteiger partial charge in [0, 0.05) is 19.0 Å². The molecule has 0 radical (unpaired) electrons. The number of likely N-dealkylation sites (tertiary alicyclic amines) is 1. The summed E-state index contributed by atoms with van der Waals surface area (Å²) < 4.78 is 20.1. The van der Waals surface area contributed by atoms with E-state index in [4.69, 9.17) is 4.74 Å². The van der Waals surface area contributed by atoms with E-state index < -0.39 is 12.2 Å². The van der Waals surface area contributed by atoms with Crippen LogP contribution in [0.25, 0.3) is 11.1 Å². The number of nitrogens with one attached hydrogen (secondary N) is 1. The van der Waals surface area contributed by atoms with E-state index in [1.807, 2.05) is 24.3 Å². The van der Waals surface area contributed by atoms with E-state index in [9.17, 15) is 14.0 Å². The number of rotatable bonds is 7. The maximum atomic E-state index is 14.8. The lowest BCUT2D eigenvalue weighted by Gasteiger charge is -2.30. The Morgan fingerprint density at radius 1 is 1.20 bits per heavy atom. The Labute approximate surface area is 175 Å². The molecule has 2 fully saturated rings. The number of anilines is 1. The highest BCUT2D eigenvalue weighted by Crippen LogP contribution is 2.29. The summed E-state index contributed by atoms with van der Waals surface area (Å²) in [6, 6.07) is 12.7. The molecule has 158 valence electrons. The number of hydrogen-bond acceptors (Lipinski definition) is 4. The van der Waals surface area contributed by atoms with Gasteiger partial charge in [-0.3, -0.25) is 9.69 Å². The van der Waals surface area contributed by atoms with Gasteiger partial charge in [0.05, 0.1) is 18.8 Å². The van der Waals surface area contributed by atoms with Crippen molar-refractivity contribution in [2.24, 2.45) is 0 Å². The Hall–Kier alpha value is -2.93. The molecule has 2 heterocycles. The lowest BCUT2D eigenvalue weighted by atomic mass is 10.0. The van der Waals surface area contributed by atoms with Gasteiger partial charge in [-0.05, 0) is 55.3 Å². The second-order valence-electron chi connectivity index (χ2n) is 7.86. The highest BCUT2D eigenvalue weighted by molar-refractivity contribution is 5.90. The molecule has 30 heavy (non-hydrogen) atoms. The van der Waals surface area contributed by atoms with Gasteiger partial charge >= 0.3 is 6.09 Å². The van der Waals surface area contributed by atoms with Gasteiger partial charge in [-0.2, -0.15) is 0 Å². The second kappa shape index (κ2) is 8.83. The number of cyclic esters (lactones) is 1. The highest BCUT2D eigenvalue weighted by Gasteiger charge is 2.32. The molecule has 1 unspecified atom stereocenters. The monoisotopic (exact) mass is 411 g/mol. The molecule has 2 aromatic carbocycles. The van der Waals surface area contributed by atoms with Crippen molar-refractivity contribution in [1.29, 1.82) is 0 Å². The molecule has 2 aliphatic heterocycles. The standard InChI is InChI=1S/C23H26FN3O3/c1-16(28)25-14-20-15-27(23(29)30-20)19-7-8-21(22(24)13-19)18-5-3-17(4-6-18)9-12-26-10-2-11-26/h3-8,13,20H,2,9-12,14-15H2,1H3,(H,25,28). The lowest BCUT2D eigenvalue weighted by molar-refractivity contribution is -0.119. The van der Waals surface area contributed by atoms with Gasteiger partial charge in [0.1, 0.15) is 11.9 Å². The molecule has 0 saturated carbocycles. The largest absolute Gasteiger partial charge is 0.442 e. The summed E-state index contributed by atoms with van der Waals surface area (Å²) >= 11 is 0. The first-order chi connectivity index (χ1) is 14.5. The fourth-order valence-corrected chi connectivity index (χ4v) is 3.75. The first-order valence-corrected chi connectivity index (χ1v) is 10.3. The normalized spacial score (nSPS) is 18.8. The minimum Gasteiger partial charge on any atom is -0.442 e. The van der Waals surface area contributed by atoms with Crippen LogP contribution in [0.4, 0.5) is 14.9 Å². The third-order valence-electron chi connectivity index (χ3n) is 5.65. The Kier molecular flexibility index (Phi) is 5.99. The molecule has 7 heteroatoms. The number of ether oxygens (including phenoxy) is 1. The van der Waals surface area contributed by atoms with Gasteiger partial charge in [-0.1, -0.05) is 24.3 Å². The zero-order valence-electron chi connectivity index (χ0n) is 17.1. The number of amides is 2. The van der Waals surface area contributed by atoms with Crippen molar-refractivity contribution in [3.63, 3.8) is 0 Å². The van der Waals surface area contributed by atoms with Crippen molar-refractivity contribution >= 4 is 17.7 Å². The predicted molar refractivity (Wildman–Crippen MR) is 113 cm³/mol. The number of nitrogens with zero attached hydrogens (tertiary/aromatic N) is 2. The Morgan fingerprint density at radius 2 is 1.97 bits per heavy atom. The van der Waals surface area contributed by atoms with E-state index >= 15 is 0 Å². The molecule has 2 aliphatic rings. The van der Waals surface area contributed by atoms with Gasteiger partial charge in [0.2, 0.25) is 5.91 Å². The second-order valence-corrected chi connectivity index (χ2v) is 7.86. The molecular weight excluding hydrogens is 385 g/mol. The van der Waals surface area contributed by atoms with Crippen molar-refractivity contribution in [3.05, 3.63) is 53.8 Å². The molecule has 1 N–H and O–H groups in total. The molecule has 0 spiro atoms. The average molecular weight is 411 g/mol. The summed E-state index contributed by atoms with van der Waals surface area (Å²) in [4.78, 5) is 27.0. The van der Waals surface area contributed by atoms with E-state index in [-0.39, 0.29) is 24.8 Å². The van der Waals surface area contributed by atoms with Gasteiger partial charge in [-0.25, -0.2) is 9.18 Å². The molecule has 6 nitrogen and oxygen atoms in total. The molecular formula is C23H26FN3O3. The van der Waals surface area contributed by atoms with Crippen molar-refractivity contribution < 1.29 is 18.7 Å². The smallest absolute Gasteiger partial charge is 0.414 e. The molecule has 1 atom stereocenters. The van der Waals surface area contributed by atoms with Gasteiger partial charge < -0.3 is 15.0 Å². The van der Waals surface area contributed by atoms with Crippen LogP contribution in [0.2, 0.25) is 0 Å². The third kappa shape index (κ3) is 4.62. The summed E-state index contributed by atoms with van der Waals surface area (Å²) in [6.07, 6.45) is 1.30. The number of hydrogen-bond donors (Lipinski definition) is 1. The van der Waals surface area contributed by atoms with Crippen molar-refractivity contribution in [1.82, 2.24) is 10.2 Å². The highest BCUT2D eigenvalue weighted by atomic mass is 19.1. The topological polar surface area (TPSA) is 61.9 Å². The zero-order valence-corrected chi connectivity index (χ0v) is 17.1. The Bertz CT molecular complexity index is 928. The summed E-state index contributed by atoms with van der Waals surface area (Å²) in [5.74, 6) is -0.578. The molecule has 0 aromatic heterocycles. The fourth-order valence-electron chi connectivity index (χ4n) is 3.75. The molecule has 2 saturated heterocycles. The number of carbonyl (C=O) groups excluding carboxylic acids is 2. The van der Waals surface area contributed by atoms with Crippen molar-refractivity contribution in [2.75, 3.05) is 37.6 Å². The number of benzene rings is 2. The van der Waals surface area contributed by atoms with Gasteiger partial charge in [0.15, 0.2) is 0 Å². The summed E-state index contributed by atoms with van der Waals surface area (Å²) in [7, 11) is 0. The number of halogens is 1. The molecule has 4 rings (SSSR count). The third-order valence-corrected chi connectivity index (χ3v) is 5.65. The maximum Gasteiger partial charge on any atom is 0.414 e. The van der Waals surface area contributed by atoms with Crippen LogP contribution in [0.5, 0.6) is 0 Å². The molecule has 2 aromatic rings. The summed E-state index contributed by atoms with van der Waals surface area (Å²) in [6.45, 7) is 5.35. The summed E-state index contributed by atoms with van der Waals surface area (Å²) in [5.41, 5.74) is 2.99. The lowest BCUT2D eigenvalue weighted by Crippen LogP contribution is -2.38. The van der Waals surface area contributed by atoms with Crippen LogP contribution in [0.1, 0.15) is 18.9 Å². The van der Waals surface area contributed by atoms with Crippen LogP contribution in [-0.2, 0) is 16.0 Å². The van der Waals surface area contributed by atoms with Crippen LogP contribution in [0, 0.1) is 5.82 Å². The fraction of sp³-hybridized carbons (Fsp3) is 0.391. The van der Waals surface area contributed by atoms with E-state index in [1.165, 1.54) is 43.0 Å². The summed E-state index contributed by atoms with van der Waals surface area (Å²) in [5, 5.41) is 2.63. The van der Waals surface area contributed by atoms with Crippen molar-refractivity contribution in [2.45, 2.75) is 25.9 Å². The van der Waals surface area contributed by atoms with Crippen molar-refractivity contribution in [3.8, 4) is 11.1 Å². The average Bonchev–Trinajstić information content (AvgIpc) is 3.06. The minimum absolute atomic E-state index is 0.188. The Morgan fingerprint density at radius 3 is 2.60 bits per heavy atom. The van der Waals surface area contributed by atoms with Crippen LogP contribution in [-0.4, -0.2) is 55.7 Å². The van der Waals surface area contributed by atoms with Crippen LogP contribution in [0.3, 0.4) is 0 Å². The first kappa shape index (κ1) is 20.3. The number of carbonyl (C=O) groups is 2. The quantitative estimate of drug-likeness (QED) is 0.760. The van der Waals surface area contributed by atoms with E-state index in [0.717, 1.165) is 18.5 Å². The molecule has 0 aliphatic carbocycles. The van der Waals surface area contributed by atoms with Crippen LogP contribution >= 0.6 is 0 Å². The van der Waals surface area contributed by atoms with Crippen LogP contribution < -0.4 is 10.2 Å². The molecule has 0 bridgehead atoms. The van der Waals surface area contributed by atoms with E-state index in [1.54, 1.807) is 12.1 Å². The predicted octanol–water partition coefficient (Wildman–Crippen LogP) is 3.20. The van der Waals surface area contributed by atoms with Crippen LogP contribution in [0.15, 0.2) is 42.5 Å². The Balaban J connectivity index is 1.41. The van der Waals surface area contributed by atoms with Gasteiger partial charge in [-0.15, -0.1) is 0 Å².